The molecule has 1 atom stereocenters. The number of nitrogens with zero attached hydrogens (tertiary/aromatic N) is 3. The molecule has 1 aliphatic rings. The van der Waals surface area contributed by atoms with Crippen LogP contribution in [0.3, 0.4) is 0 Å². The van der Waals surface area contributed by atoms with Gasteiger partial charge in [0.25, 0.3) is 5.91 Å². The maximum atomic E-state index is 12.8. The molecule has 0 radical (unpaired) electrons. The molecule has 1 saturated heterocycles. The van der Waals surface area contributed by atoms with E-state index in [4.69, 9.17) is 20.9 Å². The predicted octanol–water partition coefficient (Wildman–Crippen LogP) is 4.83. The van der Waals surface area contributed by atoms with Crippen LogP contribution in [-0.2, 0) is 4.79 Å². The van der Waals surface area contributed by atoms with Crippen LogP contribution in [-0.4, -0.2) is 34.1 Å². The third-order valence-electron chi connectivity index (χ3n) is 5.00. The second-order valence-corrected chi connectivity index (χ2v) is 7.60. The number of likely N-dealkylation sites (tertiary alicyclic amines) is 1. The molecule has 1 fully saturated rings. The molecule has 0 aliphatic carbocycles. The molecule has 0 N–H and O–H groups in total. The van der Waals surface area contributed by atoms with Gasteiger partial charge in [-0.25, -0.2) is 0 Å². The molecule has 2 aromatic carbocycles. The zero-order valence-corrected chi connectivity index (χ0v) is 16.9. The molecule has 1 aliphatic heterocycles. The molecule has 0 saturated carbocycles. The Balaban J connectivity index is 1.47. The van der Waals surface area contributed by atoms with Crippen molar-refractivity contribution >= 4 is 17.5 Å². The normalized spacial score (nSPS) is 16.6. The van der Waals surface area contributed by atoms with E-state index in [-0.39, 0.29) is 18.6 Å². The van der Waals surface area contributed by atoms with Crippen molar-refractivity contribution in [2.24, 2.45) is 0 Å². The number of benzene rings is 2. The number of carbonyl (C=O) groups excluding carboxylic acids is 1. The average Bonchev–Trinajstić information content (AvgIpc) is 3.23. The van der Waals surface area contributed by atoms with Crippen LogP contribution in [0.25, 0.3) is 11.4 Å². The molecule has 1 aromatic heterocycles. The highest BCUT2D eigenvalue weighted by molar-refractivity contribution is 6.30. The SMILES string of the molecule is Cc1cccc(-c2noc([C@H]3CCCCN3C(=O)COc3ccc(Cl)cc3)n2)c1. The zero-order valence-electron chi connectivity index (χ0n) is 16.2. The van der Waals surface area contributed by atoms with Gasteiger partial charge in [0.2, 0.25) is 11.7 Å². The van der Waals surface area contributed by atoms with Crippen molar-refractivity contribution in [2.45, 2.75) is 32.2 Å². The molecule has 7 heteroatoms. The molecule has 3 aromatic rings. The lowest BCUT2D eigenvalue weighted by atomic mass is 10.0. The van der Waals surface area contributed by atoms with Gasteiger partial charge in [-0.15, -0.1) is 0 Å². The minimum absolute atomic E-state index is 0.0446. The number of piperidine rings is 1. The van der Waals surface area contributed by atoms with E-state index < -0.39 is 0 Å². The van der Waals surface area contributed by atoms with Gasteiger partial charge >= 0.3 is 0 Å². The molecule has 4 rings (SSSR count). The third-order valence-corrected chi connectivity index (χ3v) is 5.25. The van der Waals surface area contributed by atoms with Crippen LogP contribution in [0.2, 0.25) is 5.02 Å². The number of halogens is 1. The molecular formula is C22H22ClN3O3. The third kappa shape index (κ3) is 4.59. The van der Waals surface area contributed by atoms with Crippen molar-refractivity contribution in [1.82, 2.24) is 15.0 Å². The molecular weight excluding hydrogens is 390 g/mol. The maximum absolute atomic E-state index is 12.8. The summed E-state index contributed by atoms with van der Waals surface area (Å²) in [5.74, 6) is 1.52. The summed E-state index contributed by atoms with van der Waals surface area (Å²) in [7, 11) is 0. The largest absolute Gasteiger partial charge is 0.484 e. The highest BCUT2D eigenvalue weighted by Gasteiger charge is 2.32. The number of aryl methyl sites for hydroxylation is 1. The van der Waals surface area contributed by atoms with Crippen molar-refractivity contribution in [3.05, 3.63) is 65.0 Å². The number of aromatic nitrogens is 2. The Morgan fingerprint density at radius 3 is 2.86 bits per heavy atom. The standard InChI is InChI=1S/C22H22ClN3O3/c1-15-5-4-6-16(13-15)21-24-22(29-25-21)19-7-2-3-12-26(19)20(27)14-28-18-10-8-17(23)9-11-18/h4-6,8-11,13,19H,2-3,7,12,14H2,1H3/t19-/m1/s1. The number of amides is 1. The topological polar surface area (TPSA) is 68.5 Å². The monoisotopic (exact) mass is 411 g/mol. The van der Waals surface area contributed by atoms with Gasteiger partial charge < -0.3 is 14.2 Å². The Morgan fingerprint density at radius 1 is 1.24 bits per heavy atom. The van der Waals surface area contributed by atoms with E-state index in [0.29, 0.717) is 29.0 Å². The van der Waals surface area contributed by atoms with Crippen molar-refractivity contribution in [3.8, 4) is 17.1 Å². The van der Waals surface area contributed by atoms with E-state index in [9.17, 15) is 4.79 Å². The van der Waals surface area contributed by atoms with Crippen LogP contribution in [0.5, 0.6) is 5.75 Å². The summed E-state index contributed by atoms with van der Waals surface area (Å²) in [5, 5.41) is 4.76. The van der Waals surface area contributed by atoms with E-state index in [0.717, 1.165) is 30.4 Å². The van der Waals surface area contributed by atoms with Gasteiger partial charge in [-0.2, -0.15) is 4.98 Å². The summed E-state index contributed by atoms with van der Waals surface area (Å²) in [4.78, 5) is 19.2. The first-order chi connectivity index (χ1) is 14.1. The van der Waals surface area contributed by atoms with Gasteiger partial charge in [0.15, 0.2) is 6.61 Å². The fourth-order valence-corrected chi connectivity index (χ4v) is 3.64. The van der Waals surface area contributed by atoms with Crippen molar-refractivity contribution in [3.63, 3.8) is 0 Å². The Morgan fingerprint density at radius 2 is 2.07 bits per heavy atom. The van der Waals surface area contributed by atoms with Crippen LogP contribution in [0.15, 0.2) is 53.1 Å². The van der Waals surface area contributed by atoms with Crippen LogP contribution < -0.4 is 4.74 Å². The van der Waals surface area contributed by atoms with Gasteiger partial charge in [-0.1, -0.05) is 40.5 Å². The number of carbonyl (C=O) groups is 1. The first-order valence-corrected chi connectivity index (χ1v) is 10.1. The first-order valence-electron chi connectivity index (χ1n) is 9.68. The summed E-state index contributed by atoms with van der Waals surface area (Å²) >= 11 is 5.88. The summed E-state index contributed by atoms with van der Waals surface area (Å²) in [5.41, 5.74) is 2.03. The van der Waals surface area contributed by atoms with Gasteiger partial charge in [-0.3, -0.25) is 4.79 Å². The maximum Gasteiger partial charge on any atom is 0.261 e. The van der Waals surface area contributed by atoms with Crippen molar-refractivity contribution in [1.29, 1.82) is 0 Å². The van der Waals surface area contributed by atoms with Crippen LogP contribution in [0.1, 0.15) is 36.8 Å². The molecule has 0 spiro atoms. The van der Waals surface area contributed by atoms with E-state index in [1.54, 1.807) is 29.2 Å². The van der Waals surface area contributed by atoms with E-state index >= 15 is 0 Å². The van der Waals surface area contributed by atoms with Crippen molar-refractivity contribution in [2.75, 3.05) is 13.2 Å². The minimum Gasteiger partial charge on any atom is -0.484 e. The average molecular weight is 412 g/mol. The Hall–Kier alpha value is -2.86. The molecule has 29 heavy (non-hydrogen) atoms. The van der Waals surface area contributed by atoms with Crippen molar-refractivity contribution < 1.29 is 14.1 Å². The lowest BCUT2D eigenvalue weighted by Gasteiger charge is -2.33. The lowest BCUT2D eigenvalue weighted by molar-refractivity contribution is -0.138. The van der Waals surface area contributed by atoms with Crippen LogP contribution in [0.4, 0.5) is 0 Å². The minimum atomic E-state index is -0.226. The van der Waals surface area contributed by atoms with E-state index in [2.05, 4.69) is 10.1 Å². The van der Waals surface area contributed by atoms with Gasteiger partial charge in [-0.05, 0) is 56.5 Å². The number of hydrogen-bond donors (Lipinski definition) is 0. The fourth-order valence-electron chi connectivity index (χ4n) is 3.52. The Kier molecular flexibility index (Phi) is 5.81. The van der Waals surface area contributed by atoms with Crippen LogP contribution in [0, 0.1) is 6.92 Å². The second-order valence-electron chi connectivity index (χ2n) is 7.17. The molecule has 6 nitrogen and oxygen atoms in total. The molecule has 1 amide bonds. The molecule has 0 bridgehead atoms. The van der Waals surface area contributed by atoms with Gasteiger partial charge in [0.05, 0.1) is 0 Å². The number of ether oxygens (including phenoxy) is 1. The summed E-state index contributed by atoms with van der Waals surface area (Å²) in [6, 6.07) is 14.7. The molecule has 150 valence electrons. The van der Waals surface area contributed by atoms with Gasteiger partial charge in [0, 0.05) is 17.1 Å². The lowest BCUT2D eigenvalue weighted by Crippen LogP contribution is -2.41. The van der Waals surface area contributed by atoms with E-state index in [1.165, 1.54) is 0 Å². The highest BCUT2D eigenvalue weighted by atomic mass is 35.5. The second kappa shape index (κ2) is 8.66. The van der Waals surface area contributed by atoms with E-state index in [1.807, 2.05) is 31.2 Å². The zero-order chi connectivity index (χ0) is 20.2. The fraction of sp³-hybridized carbons (Fsp3) is 0.318. The Labute approximate surface area is 174 Å². The molecule has 2 heterocycles. The smallest absolute Gasteiger partial charge is 0.261 e. The predicted molar refractivity (Wildman–Crippen MR) is 110 cm³/mol. The summed E-state index contributed by atoms with van der Waals surface area (Å²) in [6.07, 6.45) is 2.75. The summed E-state index contributed by atoms with van der Waals surface area (Å²) < 4.78 is 11.2. The first kappa shape index (κ1) is 19.5. The van der Waals surface area contributed by atoms with Gasteiger partial charge in [0.1, 0.15) is 11.8 Å². The quantitative estimate of drug-likeness (QED) is 0.601. The summed E-state index contributed by atoms with van der Waals surface area (Å²) in [6.45, 7) is 2.62. The number of hydrogen-bond acceptors (Lipinski definition) is 5. The highest BCUT2D eigenvalue weighted by Crippen LogP contribution is 2.31. The number of rotatable bonds is 5. The Bertz CT molecular complexity index is 987. The van der Waals surface area contributed by atoms with Crippen LogP contribution >= 0.6 is 11.6 Å². The molecule has 0 unspecified atom stereocenters.